The first-order valence-electron chi connectivity index (χ1n) is 7.33. The molecule has 0 spiro atoms. The minimum atomic E-state index is -1.02. The topological polar surface area (TPSA) is 171 Å². The van der Waals surface area contributed by atoms with Gasteiger partial charge in [0.1, 0.15) is 0 Å². The van der Waals surface area contributed by atoms with Gasteiger partial charge in [-0.2, -0.15) is 10.3 Å². The molecule has 0 aromatic carbocycles. The van der Waals surface area contributed by atoms with Crippen molar-refractivity contribution in [2.45, 2.75) is 41.5 Å². The second-order valence-electron chi connectivity index (χ2n) is 2.19. The number of nitrogens with two attached hydrogens (primary N) is 3. The maximum Gasteiger partial charge on any atom is 0.329 e. The van der Waals surface area contributed by atoms with E-state index in [2.05, 4.69) is 45.5 Å². The number of nitrogens with one attached hydrogen (secondary N) is 1. The number of halogens is 1. The van der Waals surface area contributed by atoms with Crippen molar-refractivity contribution in [1.82, 2.24) is 5.32 Å². The molecule has 1 heterocycles. The van der Waals surface area contributed by atoms with Gasteiger partial charge in [0.15, 0.2) is 0 Å². The Morgan fingerprint density at radius 3 is 1.56 bits per heavy atom. The molecule has 1 rings (SSSR count). The molecule has 150 valence electrons. The van der Waals surface area contributed by atoms with E-state index in [9.17, 15) is 14.4 Å². The highest BCUT2D eigenvalue weighted by Crippen LogP contribution is 1.83. The molecule has 0 saturated carbocycles. The van der Waals surface area contributed by atoms with Gasteiger partial charge in [-0.05, 0) is 6.20 Å². The van der Waals surface area contributed by atoms with Crippen molar-refractivity contribution in [3.05, 3.63) is 37.3 Å². The molecular weight excluding hydrogens is 352 g/mol. The number of carbonyl (C=O) groups is 3. The predicted octanol–water partition coefficient (Wildman–Crippen LogP) is 1.94. The number of hydrogen-bond donors (Lipinski definition) is 5. The zero-order valence-corrected chi connectivity index (χ0v) is 16.5. The second-order valence-corrected chi connectivity index (χ2v) is 2.37. The summed E-state index contributed by atoms with van der Waals surface area (Å²) in [5.74, 6) is 2.08. The van der Waals surface area contributed by atoms with Gasteiger partial charge in [0, 0.05) is 24.6 Å². The van der Waals surface area contributed by atoms with Crippen LogP contribution in [0.1, 0.15) is 41.5 Å². The summed E-state index contributed by atoms with van der Waals surface area (Å²) in [6, 6.07) is 0. The van der Waals surface area contributed by atoms with Crippen LogP contribution in [0, 0.1) is 0 Å². The maximum absolute atomic E-state index is 10.1. The van der Waals surface area contributed by atoms with Crippen LogP contribution in [0.5, 0.6) is 0 Å². The summed E-state index contributed by atoms with van der Waals surface area (Å²) < 4.78 is 3.22. The highest BCUT2D eigenvalue weighted by Gasteiger charge is 2.12. The summed E-state index contributed by atoms with van der Waals surface area (Å²) in [6.45, 7) is 15.1. The number of carbonyl (C=O) groups excluding carboxylic acids is 2. The van der Waals surface area contributed by atoms with Crippen LogP contribution in [0.25, 0.3) is 0 Å². The van der Waals surface area contributed by atoms with Crippen molar-refractivity contribution < 1.29 is 23.9 Å². The molecule has 9 nitrogen and oxygen atoms in total. The Kier molecular flexibility index (Phi) is 75.9. The smallest absolute Gasteiger partial charge is 0.329 e. The monoisotopic (exact) mass is 384 g/mol. The second kappa shape index (κ2) is 49.6. The van der Waals surface area contributed by atoms with Gasteiger partial charge >= 0.3 is 5.97 Å². The number of carboxylic acids is 1. The molecule has 1 amide bonds. The third kappa shape index (κ3) is 73.7. The van der Waals surface area contributed by atoms with Crippen LogP contribution >= 0.6 is 11.9 Å². The molecule has 0 aromatic heterocycles. The van der Waals surface area contributed by atoms with Crippen LogP contribution in [0.15, 0.2) is 37.3 Å². The zero-order chi connectivity index (χ0) is 21.7. The first-order valence-corrected chi connectivity index (χ1v) is 7.64. The Morgan fingerprint density at radius 1 is 1.20 bits per heavy atom. The van der Waals surface area contributed by atoms with Crippen LogP contribution in [0.3, 0.4) is 0 Å². The summed E-state index contributed by atoms with van der Waals surface area (Å²) in [5, 5.41) is 9.95. The Bertz CT molecular complexity index is 349. The number of aliphatic carboxylic acids is 1. The lowest BCUT2D eigenvalue weighted by atomic mass is 10.4. The van der Waals surface area contributed by atoms with E-state index in [1.165, 1.54) is 18.5 Å². The fraction of sp³-hybridized carbons (Fsp3) is 0.400. The molecule has 25 heavy (non-hydrogen) atoms. The van der Waals surface area contributed by atoms with E-state index >= 15 is 0 Å². The maximum atomic E-state index is 10.1. The van der Waals surface area contributed by atoms with E-state index < -0.39 is 17.7 Å². The van der Waals surface area contributed by atoms with E-state index in [0.717, 1.165) is 12.3 Å². The van der Waals surface area contributed by atoms with Crippen LogP contribution in [-0.2, 0) is 18.8 Å². The van der Waals surface area contributed by atoms with Crippen LogP contribution < -0.4 is 22.7 Å². The SMILES string of the molecule is C=CN.CC.CC.CC.NC=CC(=O)O.NOCl.O=C1C=CNC1=O. The molecule has 0 fully saturated rings. The largest absolute Gasteiger partial charge is 0.478 e. The first kappa shape index (κ1) is 38.3. The Hall–Kier alpha value is -2.36. The minimum absolute atomic E-state index is 0.472. The summed E-state index contributed by atoms with van der Waals surface area (Å²) in [4.78, 5) is 29.6. The molecule has 0 bridgehead atoms. The van der Waals surface area contributed by atoms with Gasteiger partial charge in [0.25, 0.3) is 5.91 Å². The van der Waals surface area contributed by atoms with Crippen LogP contribution in [0.2, 0.25) is 0 Å². The van der Waals surface area contributed by atoms with E-state index in [0.29, 0.717) is 0 Å². The third-order valence-corrected chi connectivity index (χ3v) is 0.912. The van der Waals surface area contributed by atoms with Gasteiger partial charge in [-0.15, -0.1) is 0 Å². The number of hydrogen-bond acceptors (Lipinski definition) is 7. The molecule has 1 aliphatic heterocycles. The average Bonchev–Trinajstić information content (AvgIpc) is 2.98. The molecule has 0 unspecified atom stereocenters. The highest BCUT2D eigenvalue weighted by atomic mass is 35.5. The van der Waals surface area contributed by atoms with Gasteiger partial charge < -0.3 is 21.9 Å². The Balaban J connectivity index is -0.0000000458. The molecule has 1 aliphatic rings. The molecule has 0 radical (unpaired) electrons. The summed E-state index contributed by atoms with van der Waals surface area (Å²) in [7, 11) is 0. The van der Waals surface area contributed by atoms with E-state index in [1.54, 1.807) is 0 Å². The van der Waals surface area contributed by atoms with Gasteiger partial charge in [-0.25, -0.2) is 4.79 Å². The van der Waals surface area contributed by atoms with Gasteiger partial charge in [0.2, 0.25) is 5.78 Å². The highest BCUT2D eigenvalue weighted by molar-refractivity contribution is 6.42. The number of ketones is 1. The van der Waals surface area contributed by atoms with Crippen LogP contribution in [-0.4, -0.2) is 22.8 Å². The number of rotatable bonds is 1. The Labute approximate surface area is 155 Å². The van der Waals surface area contributed by atoms with Crippen molar-refractivity contribution in [2.75, 3.05) is 0 Å². The van der Waals surface area contributed by atoms with Crippen molar-refractivity contribution >= 4 is 29.5 Å². The first-order chi connectivity index (χ1) is 11.9. The standard InChI is InChI=1S/C4H3NO2.C3H5NO2.C2H5N.3C2H6.ClH2NO/c6-3-1-2-5-4(3)7;4-2-1-3(5)6;1-2-3;3*1-2;1-3-2/h1-2H,(H,5,6,7);1-2H,4H2,(H,5,6);2H,1,3H2;3*1-2H3;2H2. The summed E-state index contributed by atoms with van der Waals surface area (Å²) in [6.07, 6.45) is 5.61. The van der Waals surface area contributed by atoms with E-state index in [-0.39, 0.29) is 0 Å². The molecule has 0 atom stereocenters. The van der Waals surface area contributed by atoms with Gasteiger partial charge in [-0.3, -0.25) is 9.59 Å². The number of amides is 1. The average molecular weight is 385 g/mol. The normalized spacial score (nSPS) is 9.12. The van der Waals surface area contributed by atoms with Crippen molar-refractivity contribution in [3.63, 3.8) is 0 Å². The molecule has 0 aromatic rings. The quantitative estimate of drug-likeness (QED) is 0.259. The fourth-order valence-electron chi connectivity index (χ4n) is 0.422. The van der Waals surface area contributed by atoms with E-state index in [4.69, 9.17) is 5.11 Å². The van der Waals surface area contributed by atoms with Gasteiger partial charge in [-0.1, -0.05) is 48.1 Å². The molecular formula is C15H33ClN4O5. The molecule has 0 saturated heterocycles. The lowest BCUT2D eigenvalue weighted by molar-refractivity contribution is -0.133. The lowest BCUT2D eigenvalue weighted by Crippen LogP contribution is -2.17. The zero-order valence-electron chi connectivity index (χ0n) is 15.8. The van der Waals surface area contributed by atoms with Crippen LogP contribution in [0.4, 0.5) is 0 Å². The van der Waals surface area contributed by atoms with Crippen molar-refractivity contribution in [3.8, 4) is 0 Å². The molecule has 0 aliphatic carbocycles. The van der Waals surface area contributed by atoms with Gasteiger partial charge in [0.05, 0.1) is 11.9 Å². The summed E-state index contributed by atoms with van der Waals surface area (Å²) >= 11 is 4.28. The van der Waals surface area contributed by atoms with E-state index in [1.807, 2.05) is 41.5 Å². The summed E-state index contributed by atoms with van der Waals surface area (Å²) in [5.41, 5.74) is 9.28. The predicted molar refractivity (Wildman–Crippen MR) is 103 cm³/mol. The number of carboxylic acid groups (broad SMARTS) is 1. The fourth-order valence-corrected chi connectivity index (χ4v) is 0.422. The Morgan fingerprint density at radius 2 is 1.52 bits per heavy atom. The molecule has 8 N–H and O–H groups in total. The lowest BCUT2D eigenvalue weighted by Gasteiger charge is -1.78. The van der Waals surface area contributed by atoms with Crippen molar-refractivity contribution in [2.24, 2.45) is 17.4 Å². The molecule has 10 heteroatoms. The van der Waals surface area contributed by atoms with Crippen molar-refractivity contribution in [1.29, 1.82) is 0 Å². The minimum Gasteiger partial charge on any atom is -0.478 e. The third-order valence-electron chi connectivity index (χ3n) is 0.912.